The lowest BCUT2D eigenvalue weighted by atomic mass is 10.0. The topological polar surface area (TPSA) is 239 Å². The molecule has 8 amide bonds. The molecule has 1 saturated heterocycles. The van der Waals surface area contributed by atoms with Crippen LogP contribution in [0.1, 0.15) is 38.7 Å². The first kappa shape index (κ1) is 46.0. The Labute approximate surface area is 340 Å². The molecule has 1 heterocycles. The maximum Gasteiger partial charge on any atom is 0.514 e. The van der Waals surface area contributed by atoms with Gasteiger partial charge in [-0.2, -0.15) is 11.8 Å². The highest BCUT2D eigenvalue weighted by Gasteiger charge is 2.31. The minimum atomic E-state index is -1.07. The average Bonchev–Trinajstić information content (AvgIpc) is 3.21. The van der Waals surface area contributed by atoms with Crippen molar-refractivity contribution in [1.82, 2.24) is 30.7 Å². The lowest BCUT2D eigenvalue weighted by molar-refractivity contribution is -0.154. The number of hydrogen-bond acceptors (Lipinski definition) is 11. The maximum absolute atomic E-state index is 13.5. The van der Waals surface area contributed by atoms with E-state index in [4.69, 9.17) is 15.2 Å². The fraction of sp³-hybridized carbons (Fsp3) is 0.385. The van der Waals surface area contributed by atoms with E-state index >= 15 is 0 Å². The predicted octanol–water partition coefficient (Wildman–Crippen LogP) is 2.28. The standard InChI is InChI=1S/C39H50N8O10S/c1-5-32(49)45-23-46(33(50)6-2)25-47(24-45)34(51)18-20-58-22-31(48)44-35(26(3)4)37(53)43-30(13-10-19-41-38(40)54)36(52)42-28-16-14-27(15-17-28)21-56-39(55)57-29-11-8-7-9-12-29/h5-9,11-12,14-17,26,30,35H,1-2,10,13,18-25H2,3-4H3,(H,42,52)(H,43,53)(H,44,48)(H3,40,41,54)/t30-,35-/m0/s1. The van der Waals surface area contributed by atoms with Crippen LogP contribution in [0.25, 0.3) is 0 Å². The smallest absolute Gasteiger partial charge is 0.429 e. The molecule has 0 unspecified atom stereocenters. The number of nitrogens with zero attached hydrogens (tertiary/aromatic N) is 3. The number of rotatable bonds is 20. The van der Waals surface area contributed by atoms with Crippen LogP contribution >= 0.6 is 11.8 Å². The fourth-order valence-electron chi connectivity index (χ4n) is 5.40. The van der Waals surface area contributed by atoms with Crippen molar-refractivity contribution in [3.05, 3.63) is 85.5 Å². The van der Waals surface area contributed by atoms with Gasteiger partial charge in [0.25, 0.3) is 0 Å². The zero-order valence-electron chi connectivity index (χ0n) is 32.5. The number of benzene rings is 2. The number of anilines is 1. The molecule has 18 nitrogen and oxygen atoms in total. The molecule has 2 aromatic rings. The normalized spacial score (nSPS) is 13.3. The quantitative estimate of drug-likeness (QED) is 0.0562. The van der Waals surface area contributed by atoms with Crippen LogP contribution in [0.15, 0.2) is 79.9 Å². The Morgan fingerprint density at radius 2 is 1.47 bits per heavy atom. The zero-order chi connectivity index (χ0) is 42.6. The summed E-state index contributed by atoms with van der Waals surface area (Å²) in [5.41, 5.74) is 6.17. The van der Waals surface area contributed by atoms with Crippen molar-refractivity contribution >= 4 is 65.1 Å². The van der Waals surface area contributed by atoms with E-state index < -0.39 is 53.8 Å². The first-order chi connectivity index (χ1) is 27.7. The first-order valence-corrected chi connectivity index (χ1v) is 19.5. The van der Waals surface area contributed by atoms with E-state index in [1.54, 1.807) is 68.4 Å². The van der Waals surface area contributed by atoms with Gasteiger partial charge in [-0.05, 0) is 60.7 Å². The SMILES string of the molecule is C=CC(=O)N1CN(C(=O)C=C)CN(C(=O)CCSCC(=O)N[C@H](C(=O)N[C@@H](CCCNC(N)=O)C(=O)Nc2ccc(COC(=O)Oc3ccccc3)cc2)C(C)C)C1. The molecule has 19 heteroatoms. The molecule has 0 aliphatic carbocycles. The first-order valence-electron chi connectivity index (χ1n) is 18.3. The van der Waals surface area contributed by atoms with Crippen molar-refractivity contribution in [2.75, 3.05) is 43.4 Å². The minimum absolute atomic E-state index is 0.0135. The summed E-state index contributed by atoms with van der Waals surface area (Å²) in [6.45, 7) is 10.4. The molecule has 0 bridgehead atoms. The number of ether oxygens (including phenoxy) is 2. The molecule has 0 saturated carbocycles. The molecular formula is C39H50N8O10S. The number of nitrogens with one attached hydrogen (secondary N) is 4. The van der Waals surface area contributed by atoms with Gasteiger partial charge in [-0.3, -0.25) is 28.8 Å². The van der Waals surface area contributed by atoms with Crippen LogP contribution in [-0.4, -0.2) is 112 Å². The Balaban J connectivity index is 1.53. The van der Waals surface area contributed by atoms with Gasteiger partial charge in [-0.25, -0.2) is 9.59 Å². The molecular weight excluding hydrogens is 773 g/mol. The van der Waals surface area contributed by atoms with Gasteiger partial charge in [0, 0.05) is 24.4 Å². The Kier molecular flexibility index (Phi) is 18.8. The number of nitrogens with two attached hydrogens (primary N) is 1. The van der Waals surface area contributed by atoms with E-state index in [1.165, 1.54) is 14.7 Å². The van der Waals surface area contributed by atoms with Gasteiger partial charge >= 0.3 is 12.2 Å². The second-order valence-corrected chi connectivity index (χ2v) is 14.4. The Morgan fingerprint density at radius 3 is 2.05 bits per heavy atom. The number of urea groups is 1. The van der Waals surface area contributed by atoms with Crippen LogP contribution in [0, 0.1) is 5.92 Å². The number of hydrogen-bond donors (Lipinski definition) is 5. The third-order valence-corrected chi connectivity index (χ3v) is 9.39. The van der Waals surface area contributed by atoms with E-state index in [2.05, 4.69) is 34.4 Å². The van der Waals surface area contributed by atoms with E-state index in [1.807, 2.05) is 0 Å². The van der Waals surface area contributed by atoms with Gasteiger partial charge in [0.1, 0.15) is 24.4 Å². The summed E-state index contributed by atoms with van der Waals surface area (Å²) in [5.74, 6) is -2.74. The van der Waals surface area contributed by atoms with E-state index in [0.29, 0.717) is 17.0 Å². The van der Waals surface area contributed by atoms with Crippen molar-refractivity contribution in [3.8, 4) is 5.75 Å². The Bertz CT molecular complexity index is 1770. The summed E-state index contributed by atoms with van der Waals surface area (Å²) in [6.07, 6.45) is 1.73. The Hall–Kier alpha value is -6.37. The molecule has 0 spiro atoms. The molecule has 1 aliphatic heterocycles. The van der Waals surface area contributed by atoms with Crippen LogP contribution in [-0.2, 0) is 40.1 Å². The lowest BCUT2D eigenvalue weighted by Crippen LogP contribution is -2.59. The van der Waals surface area contributed by atoms with Crippen molar-refractivity contribution in [2.45, 2.75) is 51.8 Å². The second kappa shape index (κ2) is 23.6. The summed E-state index contributed by atoms with van der Waals surface area (Å²) in [6, 6.07) is 12.1. The summed E-state index contributed by atoms with van der Waals surface area (Å²) in [7, 11) is 0. The van der Waals surface area contributed by atoms with Crippen LogP contribution in [0.4, 0.5) is 15.3 Å². The lowest BCUT2D eigenvalue weighted by Gasteiger charge is -2.41. The highest BCUT2D eigenvalue weighted by molar-refractivity contribution is 7.99. The van der Waals surface area contributed by atoms with E-state index in [0.717, 1.165) is 23.9 Å². The largest absolute Gasteiger partial charge is 0.514 e. The number of para-hydroxylation sites is 1. The molecule has 0 radical (unpaired) electrons. The van der Waals surface area contributed by atoms with Crippen LogP contribution in [0.5, 0.6) is 5.75 Å². The van der Waals surface area contributed by atoms with Crippen LogP contribution < -0.4 is 31.7 Å². The van der Waals surface area contributed by atoms with Gasteiger partial charge in [0.2, 0.25) is 35.4 Å². The summed E-state index contributed by atoms with van der Waals surface area (Å²) >= 11 is 1.16. The molecule has 1 aliphatic rings. The van der Waals surface area contributed by atoms with Gasteiger partial charge in [0.05, 0.1) is 25.8 Å². The highest BCUT2D eigenvalue weighted by Crippen LogP contribution is 2.16. The highest BCUT2D eigenvalue weighted by atomic mass is 32.2. The van der Waals surface area contributed by atoms with Gasteiger partial charge < -0.3 is 51.2 Å². The maximum atomic E-state index is 13.5. The third kappa shape index (κ3) is 15.6. The molecule has 3 rings (SSSR count). The summed E-state index contributed by atoms with van der Waals surface area (Å²) < 4.78 is 10.3. The van der Waals surface area contributed by atoms with E-state index in [-0.39, 0.29) is 75.8 Å². The van der Waals surface area contributed by atoms with Gasteiger partial charge in [-0.1, -0.05) is 57.3 Å². The molecule has 6 N–H and O–H groups in total. The van der Waals surface area contributed by atoms with Crippen LogP contribution in [0.2, 0.25) is 0 Å². The predicted molar refractivity (Wildman–Crippen MR) is 215 cm³/mol. The van der Waals surface area contributed by atoms with Crippen LogP contribution in [0.3, 0.4) is 0 Å². The van der Waals surface area contributed by atoms with Crippen molar-refractivity contribution in [3.63, 3.8) is 0 Å². The molecule has 2 atom stereocenters. The van der Waals surface area contributed by atoms with Crippen molar-refractivity contribution in [1.29, 1.82) is 0 Å². The number of thioether (sulfide) groups is 1. The number of carbonyl (C=O) groups excluding carboxylic acids is 8. The Morgan fingerprint density at radius 1 is 0.845 bits per heavy atom. The number of amides is 8. The average molecular weight is 823 g/mol. The van der Waals surface area contributed by atoms with E-state index in [9.17, 15) is 38.4 Å². The van der Waals surface area contributed by atoms with Crippen molar-refractivity contribution in [2.24, 2.45) is 11.7 Å². The third-order valence-electron chi connectivity index (χ3n) is 8.43. The molecule has 1 fully saturated rings. The fourth-order valence-corrected chi connectivity index (χ4v) is 6.13. The molecule has 58 heavy (non-hydrogen) atoms. The minimum Gasteiger partial charge on any atom is -0.429 e. The molecule has 2 aromatic carbocycles. The second-order valence-electron chi connectivity index (χ2n) is 13.2. The number of primary amides is 1. The molecule has 312 valence electrons. The van der Waals surface area contributed by atoms with Gasteiger partial charge in [0.15, 0.2) is 0 Å². The summed E-state index contributed by atoms with van der Waals surface area (Å²) in [4.78, 5) is 105. The molecule has 0 aromatic heterocycles. The zero-order valence-corrected chi connectivity index (χ0v) is 33.3. The number of carbonyl (C=O) groups is 8. The monoisotopic (exact) mass is 822 g/mol. The van der Waals surface area contributed by atoms with Crippen molar-refractivity contribution < 1.29 is 47.8 Å². The summed E-state index contributed by atoms with van der Waals surface area (Å²) in [5, 5.41) is 10.6. The van der Waals surface area contributed by atoms with Gasteiger partial charge in [-0.15, -0.1) is 0 Å².